The molecule has 96 valence electrons. The summed E-state index contributed by atoms with van der Waals surface area (Å²) < 4.78 is 28.0. The smallest absolute Gasteiger partial charge is 0.240 e. The van der Waals surface area contributed by atoms with Crippen LogP contribution in [0, 0.1) is 0 Å². The van der Waals surface area contributed by atoms with Crippen molar-refractivity contribution in [3.05, 3.63) is 42.2 Å². The molecule has 6 nitrogen and oxygen atoms in total. The fraction of sp³-hybridized carbons (Fsp3) is 0.182. The zero-order valence-electron chi connectivity index (χ0n) is 9.87. The number of nitrogens with zero attached hydrogens (tertiary/aromatic N) is 2. The van der Waals surface area contributed by atoms with Crippen LogP contribution in [0.25, 0.3) is 0 Å². The molecule has 0 radical (unpaired) electrons. The highest BCUT2D eigenvalue weighted by molar-refractivity contribution is 7.89. The highest BCUT2D eigenvalue weighted by Gasteiger charge is 2.13. The summed E-state index contributed by atoms with van der Waals surface area (Å²) in [5.74, 6) is 0. The van der Waals surface area contributed by atoms with Gasteiger partial charge in [-0.05, 0) is 24.3 Å². The lowest BCUT2D eigenvalue weighted by molar-refractivity contribution is 0.581. The molecule has 3 N–H and O–H groups in total. The molecule has 1 aromatic carbocycles. The first kappa shape index (κ1) is 12.6. The number of sulfonamides is 1. The Morgan fingerprint density at radius 2 is 2.00 bits per heavy atom. The fourth-order valence-corrected chi connectivity index (χ4v) is 2.49. The zero-order valence-corrected chi connectivity index (χ0v) is 10.7. The zero-order chi connectivity index (χ0) is 13.2. The van der Waals surface area contributed by atoms with Gasteiger partial charge in [0.15, 0.2) is 0 Å². The Kier molecular flexibility index (Phi) is 3.35. The van der Waals surface area contributed by atoms with E-state index in [1.807, 2.05) is 0 Å². The van der Waals surface area contributed by atoms with E-state index in [1.165, 1.54) is 12.1 Å². The summed E-state index contributed by atoms with van der Waals surface area (Å²) >= 11 is 0. The van der Waals surface area contributed by atoms with E-state index in [4.69, 9.17) is 5.73 Å². The van der Waals surface area contributed by atoms with E-state index >= 15 is 0 Å². The van der Waals surface area contributed by atoms with Gasteiger partial charge in [0.05, 0.1) is 11.1 Å². The second-order valence-corrected chi connectivity index (χ2v) is 5.68. The third-order valence-electron chi connectivity index (χ3n) is 2.42. The molecule has 0 aliphatic heterocycles. The number of hydrogen-bond donors (Lipinski definition) is 2. The fourth-order valence-electron chi connectivity index (χ4n) is 1.47. The molecule has 0 spiro atoms. The van der Waals surface area contributed by atoms with Crippen LogP contribution in [0.15, 0.2) is 41.6 Å². The van der Waals surface area contributed by atoms with Crippen LogP contribution < -0.4 is 10.5 Å². The van der Waals surface area contributed by atoms with Gasteiger partial charge in [-0.1, -0.05) is 0 Å². The first-order chi connectivity index (χ1) is 8.47. The van der Waals surface area contributed by atoms with Crippen LogP contribution in [0.3, 0.4) is 0 Å². The van der Waals surface area contributed by atoms with Gasteiger partial charge in [-0.25, -0.2) is 13.1 Å². The lowest BCUT2D eigenvalue weighted by atomic mass is 10.3. The van der Waals surface area contributed by atoms with Gasteiger partial charge in [0.25, 0.3) is 0 Å². The first-order valence-corrected chi connectivity index (χ1v) is 6.78. The largest absolute Gasteiger partial charge is 0.399 e. The van der Waals surface area contributed by atoms with Crippen LogP contribution in [0.2, 0.25) is 0 Å². The molecule has 0 aliphatic rings. The van der Waals surface area contributed by atoms with Gasteiger partial charge in [0.1, 0.15) is 0 Å². The molecule has 18 heavy (non-hydrogen) atoms. The number of nitrogens with two attached hydrogens (primary N) is 1. The second-order valence-electron chi connectivity index (χ2n) is 3.92. The van der Waals surface area contributed by atoms with E-state index in [2.05, 4.69) is 9.82 Å². The Hall–Kier alpha value is -1.86. The average molecular weight is 266 g/mol. The van der Waals surface area contributed by atoms with Gasteiger partial charge in [-0.3, -0.25) is 4.68 Å². The quantitative estimate of drug-likeness (QED) is 0.788. The molecule has 0 saturated heterocycles. The van der Waals surface area contributed by atoms with Crippen LogP contribution in [-0.4, -0.2) is 18.2 Å². The SMILES string of the molecule is Cn1cc(CNS(=O)(=O)c2ccc(N)cc2)cn1. The number of rotatable bonds is 4. The van der Waals surface area contributed by atoms with Crippen molar-refractivity contribution in [3.8, 4) is 0 Å². The third kappa shape index (κ3) is 2.88. The van der Waals surface area contributed by atoms with E-state index in [9.17, 15) is 8.42 Å². The summed E-state index contributed by atoms with van der Waals surface area (Å²) in [5.41, 5.74) is 6.84. The van der Waals surface area contributed by atoms with Crippen LogP contribution in [0.1, 0.15) is 5.56 Å². The Labute approximate surface area is 105 Å². The third-order valence-corrected chi connectivity index (χ3v) is 3.83. The summed E-state index contributed by atoms with van der Waals surface area (Å²) in [6.45, 7) is 0.209. The van der Waals surface area contributed by atoms with E-state index in [0.29, 0.717) is 5.69 Å². The minimum absolute atomic E-state index is 0.195. The van der Waals surface area contributed by atoms with Crippen LogP contribution in [0.5, 0.6) is 0 Å². The van der Waals surface area contributed by atoms with Gasteiger partial charge >= 0.3 is 0 Å². The van der Waals surface area contributed by atoms with E-state index in [0.717, 1.165) is 5.56 Å². The Balaban J connectivity index is 2.10. The number of aryl methyl sites for hydroxylation is 1. The Bertz CT molecular complexity index is 631. The van der Waals surface area contributed by atoms with E-state index in [1.54, 1.807) is 36.3 Å². The van der Waals surface area contributed by atoms with Crippen molar-refractivity contribution in [2.45, 2.75) is 11.4 Å². The molecular weight excluding hydrogens is 252 g/mol. The van der Waals surface area contributed by atoms with Gasteiger partial charge in [0.2, 0.25) is 10.0 Å². The minimum atomic E-state index is -3.51. The number of nitrogens with one attached hydrogen (secondary N) is 1. The maximum atomic E-state index is 11.9. The molecule has 0 unspecified atom stereocenters. The topological polar surface area (TPSA) is 90.0 Å². The summed E-state index contributed by atoms with van der Waals surface area (Å²) in [6, 6.07) is 6.05. The molecule has 1 aromatic heterocycles. The van der Waals surface area contributed by atoms with Gasteiger partial charge in [-0.15, -0.1) is 0 Å². The van der Waals surface area contributed by atoms with Crippen molar-refractivity contribution in [2.75, 3.05) is 5.73 Å². The monoisotopic (exact) mass is 266 g/mol. The van der Waals surface area contributed by atoms with Crippen molar-refractivity contribution in [1.82, 2.24) is 14.5 Å². The maximum Gasteiger partial charge on any atom is 0.240 e. The van der Waals surface area contributed by atoms with Crippen LogP contribution in [0.4, 0.5) is 5.69 Å². The number of nitrogen functional groups attached to an aromatic ring is 1. The molecule has 0 fully saturated rings. The molecule has 0 bridgehead atoms. The number of aromatic nitrogens is 2. The normalized spacial score (nSPS) is 11.6. The van der Waals surface area contributed by atoms with Crippen LogP contribution >= 0.6 is 0 Å². The summed E-state index contributed by atoms with van der Waals surface area (Å²) in [5, 5.41) is 3.97. The standard InChI is InChI=1S/C11H14N4O2S/c1-15-8-9(6-13-15)7-14-18(16,17)11-4-2-10(12)3-5-11/h2-6,8,14H,7,12H2,1H3. The number of anilines is 1. The molecule has 0 saturated carbocycles. The van der Waals surface area contributed by atoms with E-state index < -0.39 is 10.0 Å². The predicted molar refractivity (Wildman–Crippen MR) is 68.1 cm³/mol. The van der Waals surface area contributed by atoms with Crippen molar-refractivity contribution < 1.29 is 8.42 Å². The van der Waals surface area contributed by atoms with Crippen LogP contribution in [-0.2, 0) is 23.6 Å². The highest BCUT2D eigenvalue weighted by Crippen LogP contribution is 2.11. The average Bonchev–Trinajstić information content (AvgIpc) is 2.73. The van der Waals surface area contributed by atoms with Crippen molar-refractivity contribution in [3.63, 3.8) is 0 Å². The molecule has 7 heteroatoms. The lowest BCUT2D eigenvalue weighted by Crippen LogP contribution is -2.23. The summed E-state index contributed by atoms with van der Waals surface area (Å²) in [7, 11) is -1.73. The summed E-state index contributed by atoms with van der Waals surface area (Å²) in [6.07, 6.45) is 3.37. The van der Waals surface area contributed by atoms with Crippen molar-refractivity contribution in [2.24, 2.45) is 7.05 Å². The molecular formula is C11H14N4O2S. The molecule has 0 aliphatic carbocycles. The maximum absolute atomic E-state index is 11.9. The molecule has 2 rings (SSSR count). The Morgan fingerprint density at radius 1 is 1.33 bits per heavy atom. The summed E-state index contributed by atoms with van der Waals surface area (Å²) in [4.78, 5) is 0.195. The number of benzene rings is 1. The second kappa shape index (κ2) is 4.79. The van der Waals surface area contributed by atoms with Gasteiger partial charge in [0, 0.05) is 31.0 Å². The Morgan fingerprint density at radius 3 is 2.56 bits per heavy atom. The van der Waals surface area contributed by atoms with Crippen molar-refractivity contribution in [1.29, 1.82) is 0 Å². The van der Waals surface area contributed by atoms with E-state index in [-0.39, 0.29) is 11.4 Å². The molecule has 0 amide bonds. The molecule has 1 heterocycles. The van der Waals surface area contributed by atoms with Gasteiger partial charge in [-0.2, -0.15) is 5.10 Å². The minimum Gasteiger partial charge on any atom is -0.399 e. The molecule has 0 atom stereocenters. The highest BCUT2D eigenvalue weighted by atomic mass is 32.2. The lowest BCUT2D eigenvalue weighted by Gasteiger charge is -2.05. The number of hydrogen-bond acceptors (Lipinski definition) is 4. The van der Waals surface area contributed by atoms with Gasteiger partial charge < -0.3 is 5.73 Å². The first-order valence-electron chi connectivity index (χ1n) is 5.30. The molecule has 2 aromatic rings. The predicted octanol–water partition coefficient (Wildman–Crippen LogP) is 0.481. The van der Waals surface area contributed by atoms with Crippen molar-refractivity contribution >= 4 is 15.7 Å².